The number of hydrogen-bond donors (Lipinski definition) is 1. The maximum Gasteiger partial charge on any atom is 0.226 e. The van der Waals surface area contributed by atoms with Crippen LogP contribution in [-0.4, -0.2) is 10.1 Å². The van der Waals surface area contributed by atoms with Gasteiger partial charge in [0.1, 0.15) is 5.69 Å². The molecule has 4 heteroatoms. The Morgan fingerprint density at radius 2 is 2.06 bits per heavy atom. The summed E-state index contributed by atoms with van der Waals surface area (Å²) in [5, 5.41) is 4.01. The third kappa shape index (κ3) is 1.78. The van der Waals surface area contributed by atoms with E-state index >= 15 is 0 Å². The molecule has 0 saturated carbocycles. The van der Waals surface area contributed by atoms with Crippen molar-refractivity contribution in [1.29, 1.82) is 0 Å². The van der Waals surface area contributed by atoms with Crippen LogP contribution in [0.3, 0.4) is 0 Å². The molecule has 84 valence electrons. The van der Waals surface area contributed by atoms with E-state index in [0.717, 1.165) is 22.4 Å². The first-order valence-corrected chi connectivity index (χ1v) is 5.26. The monoisotopic (exact) mass is 217 g/mol. The first-order chi connectivity index (χ1) is 7.59. The molecule has 0 bridgehead atoms. The average molecular weight is 217 g/mol. The van der Waals surface area contributed by atoms with Crippen molar-refractivity contribution in [2.75, 3.05) is 5.73 Å². The van der Waals surface area contributed by atoms with Gasteiger partial charge in [-0.3, -0.25) is 4.98 Å². The molecule has 0 aliphatic rings. The van der Waals surface area contributed by atoms with Gasteiger partial charge in [0, 0.05) is 23.5 Å². The third-order valence-electron chi connectivity index (χ3n) is 2.48. The Hall–Kier alpha value is -1.84. The maximum absolute atomic E-state index is 5.77. The zero-order chi connectivity index (χ0) is 11.7. The highest BCUT2D eigenvalue weighted by molar-refractivity contribution is 5.67. The highest BCUT2D eigenvalue weighted by atomic mass is 16.5. The number of nitrogens with two attached hydrogens (primary N) is 1. The van der Waals surface area contributed by atoms with Crippen molar-refractivity contribution in [2.45, 2.75) is 26.7 Å². The summed E-state index contributed by atoms with van der Waals surface area (Å²) in [5.74, 6) is 0.674. The van der Waals surface area contributed by atoms with E-state index in [1.165, 1.54) is 0 Å². The van der Waals surface area contributed by atoms with E-state index in [2.05, 4.69) is 24.0 Å². The predicted molar refractivity (Wildman–Crippen MR) is 63.0 cm³/mol. The van der Waals surface area contributed by atoms with Crippen molar-refractivity contribution in [1.82, 2.24) is 10.1 Å². The molecule has 2 aromatic rings. The van der Waals surface area contributed by atoms with Crippen LogP contribution in [-0.2, 0) is 0 Å². The van der Waals surface area contributed by atoms with Gasteiger partial charge in [0.25, 0.3) is 0 Å². The molecule has 0 fully saturated rings. The van der Waals surface area contributed by atoms with E-state index in [1.807, 2.05) is 19.2 Å². The lowest BCUT2D eigenvalue weighted by atomic mass is 9.99. The van der Waals surface area contributed by atoms with E-state index < -0.39 is 0 Å². The highest BCUT2D eigenvalue weighted by Gasteiger charge is 2.18. The number of hydrogen-bond acceptors (Lipinski definition) is 4. The van der Waals surface area contributed by atoms with Crippen LogP contribution < -0.4 is 5.73 Å². The molecule has 0 radical (unpaired) electrons. The molecule has 0 amide bonds. The second-order valence-corrected chi connectivity index (χ2v) is 4.21. The van der Waals surface area contributed by atoms with Gasteiger partial charge in [-0.15, -0.1) is 0 Å². The van der Waals surface area contributed by atoms with E-state index in [4.69, 9.17) is 10.3 Å². The number of nitrogen functional groups attached to an aromatic ring is 1. The zero-order valence-corrected chi connectivity index (χ0v) is 9.69. The summed E-state index contributed by atoms with van der Waals surface area (Å²) in [5.41, 5.74) is 9.55. The van der Waals surface area contributed by atoms with Crippen molar-refractivity contribution in [3.05, 3.63) is 29.6 Å². The Morgan fingerprint density at radius 3 is 2.69 bits per heavy atom. The molecule has 2 heterocycles. The summed E-state index contributed by atoms with van der Waals surface area (Å²) < 4.78 is 5.05. The first-order valence-electron chi connectivity index (χ1n) is 5.26. The summed E-state index contributed by atoms with van der Waals surface area (Å²) in [6, 6.07) is 2.02. The molecule has 2 rings (SSSR count). The van der Waals surface area contributed by atoms with E-state index in [0.29, 0.717) is 5.88 Å². The molecule has 0 saturated heterocycles. The number of nitrogens with zero attached hydrogens (tertiary/aromatic N) is 2. The lowest BCUT2D eigenvalue weighted by Gasteiger charge is -2.05. The minimum atomic E-state index is 0.279. The normalized spacial score (nSPS) is 11.0. The van der Waals surface area contributed by atoms with Crippen LogP contribution in [0.4, 0.5) is 5.88 Å². The largest absolute Gasteiger partial charge is 0.367 e. The quantitative estimate of drug-likeness (QED) is 0.840. The molecule has 16 heavy (non-hydrogen) atoms. The van der Waals surface area contributed by atoms with Crippen molar-refractivity contribution in [3.63, 3.8) is 0 Å². The zero-order valence-electron chi connectivity index (χ0n) is 9.69. The molecule has 2 N–H and O–H groups in total. The molecular formula is C12H15N3O. The lowest BCUT2D eigenvalue weighted by molar-refractivity contribution is 0.438. The van der Waals surface area contributed by atoms with Crippen LogP contribution in [0, 0.1) is 6.92 Å². The summed E-state index contributed by atoms with van der Waals surface area (Å²) in [4.78, 5) is 4.15. The molecule has 0 unspecified atom stereocenters. The Balaban J connectivity index is 2.56. The second-order valence-electron chi connectivity index (χ2n) is 4.21. The van der Waals surface area contributed by atoms with E-state index in [1.54, 1.807) is 6.20 Å². The molecule has 0 atom stereocenters. The Morgan fingerprint density at radius 1 is 1.31 bits per heavy atom. The number of pyridine rings is 1. The molecule has 2 aromatic heterocycles. The van der Waals surface area contributed by atoms with Crippen LogP contribution in [0.5, 0.6) is 0 Å². The van der Waals surface area contributed by atoms with Crippen LogP contribution in [0.25, 0.3) is 11.3 Å². The Bertz CT molecular complexity index is 503. The number of rotatable bonds is 2. The molecule has 0 spiro atoms. The predicted octanol–water partition coefficient (Wildman–Crippen LogP) is 2.75. The van der Waals surface area contributed by atoms with Crippen LogP contribution in [0.1, 0.15) is 30.9 Å². The number of anilines is 1. The maximum atomic E-state index is 5.77. The van der Waals surface area contributed by atoms with E-state index in [-0.39, 0.29) is 5.92 Å². The SMILES string of the molecule is Cc1cncc(-c2noc(N)c2C(C)C)c1. The molecule has 0 aliphatic heterocycles. The standard InChI is InChI=1S/C12H15N3O/c1-7(2)10-11(15-16-12(10)13)9-4-8(3)5-14-6-9/h4-7H,13H2,1-3H3. The van der Waals surface area contributed by atoms with Crippen molar-refractivity contribution >= 4 is 5.88 Å². The molecule has 0 aliphatic carbocycles. The number of aryl methyl sites for hydroxylation is 1. The van der Waals surface area contributed by atoms with Crippen LogP contribution in [0.15, 0.2) is 23.0 Å². The van der Waals surface area contributed by atoms with Crippen LogP contribution in [0.2, 0.25) is 0 Å². The van der Waals surface area contributed by atoms with E-state index in [9.17, 15) is 0 Å². The number of aromatic nitrogens is 2. The van der Waals surface area contributed by atoms with Gasteiger partial charge in [0.2, 0.25) is 5.88 Å². The van der Waals surface area contributed by atoms with Gasteiger partial charge < -0.3 is 10.3 Å². The van der Waals surface area contributed by atoms with Gasteiger partial charge in [0.05, 0.1) is 0 Å². The average Bonchev–Trinajstić information content (AvgIpc) is 2.60. The van der Waals surface area contributed by atoms with Crippen LogP contribution >= 0.6 is 0 Å². The lowest BCUT2D eigenvalue weighted by Crippen LogP contribution is -1.95. The van der Waals surface area contributed by atoms with Crippen molar-refractivity contribution in [2.24, 2.45) is 0 Å². The van der Waals surface area contributed by atoms with Crippen molar-refractivity contribution in [3.8, 4) is 11.3 Å². The summed E-state index contributed by atoms with van der Waals surface area (Å²) in [7, 11) is 0. The molecular weight excluding hydrogens is 202 g/mol. The second kappa shape index (κ2) is 3.96. The van der Waals surface area contributed by atoms with Gasteiger partial charge in [-0.2, -0.15) is 0 Å². The van der Waals surface area contributed by atoms with Gasteiger partial charge in [-0.1, -0.05) is 19.0 Å². The minimum absolute atomic E-state index is 0.279. The third-order valence-corrected chi connectivity index (χ3v) is 2.48. The van der Waals surface area contributed by atoms with Gasteiger partial charge in [-0.25, -0.2) is 0 Å². The van der Waals surface area contributed by atoms with Gasteiger partial charge in [-0.05, 0) is 24.5 Å². The van der Waals surface area contributed by atoms with Gasteiger partial charge in [0.15, 0.2) is 0 Å². The molecule has 4 nitrogen and oxygen atoms in total. The highest BCUT2D eigenvalue weighted by Crippen LogP contribution is 2.32. The first kappa shape index (κ1) is 10.7. The minimum Gasteiger partial charge on any atom is -0.367 e. The smallest absolute Gasteiger partial charge is 0.226 e. The summed E-state index contributed by atoms with van der Waals surface area (Å²) in [6.07, 6.45) is 3.58. The van der Waals surface area contributed by atoms with Gasteiger partial charge >= 0.3 is 0 Å². The molecule has 0 aromatic carbocycles. The van der Waals surface area contributed by atoms with Crippen molar-refractivity contribution < 1.29 is 4.52 Å². The fourth-order valence-electron chi connectivity index (χ4n) is 1.76. The topological polar surface area (TPSA) is 64.9 Å². The Labute approximate surface area is 94.5 Å². The Kier molecular flexibility index (Phi) is 2.64. The summed E-state index contributed by atoms with van der Waals surface area (Å²) in [6.45, 7) is 6.13. The summed E-state index contributed by atoms with van der Waals surface area (Å²) >= 11 is 0. The fraction of sp³-hybridized carbons (Fsp3) is 0.333. The fourth-order valence-corrected chi connectivity index (χ4v) is 1.76.